The Bertz CT molecular complexity index is 273. The molecule has 3 heteroatoms. The lowest BCUT2D eigenvalue weighted by atomic mass is 10.2. The first-order valence-electron chi connectivity index (χ1n) is 4.78. The van der Waals surface area contributed by atoms with Crippen molar-refractivity contribution >= 4 is 0 Å². The van der Waals surface area contributed by atoms with Crippen LogP contribution in [-0.4, -0.2) is 30.5 Å². The predicted molar refractivity (Wildman–Crippen MR) is 51.8 cm³/mol. The average molecular weight is 194 g/mol. The summed E-state index contributed by atoms with van der Waals surface area (Å²) in [7, 11) is 0. The highest BCUT2D eigenvalue weighted by Gasteiger charge is 2.37. The van der Waals surface area contributed by atoms with E-state index in [0.29, 0.717) is 13.2 Å². The molecule has 0 amide bonds. The van der Waals surface area contributed by atoms with E-state index < -0.39 is 0 Å². The van der Waals surface area contributed by atoms with E-state index in [0.717, 1.165) is 5.56 Å². The average Bonchev–Trinajstić information content (AvgIpc) is 2.98. The fraction of sp³-hybridized carbons (Fsp3) is 0.455. The highest BCUT2D eigenvalue weighted by molar-refractivity contribution is 5.13. The minimum absolute atomic E-state index is 0.00535. The summed E-state index contributed by atoms with van der Waals surface area (Å²) in [5.41, 5.74) is 1.16. The molecule has 1 aliphatic rings. The molecule has 76 valence electrons. The molecule has 0 spiro atoms. The highest BCUT2D eigenvalue weighted by atomic mass is 16.6. The third kappa shape index (κ3) is 2.54. The molecule has 0 aliphatic carbocycles. The van der Waals surface area contributed by atoms with Gasteiger partial charge in [-0.1, -0.05) is 30.3 Å². The van der Waals surface area contributed by atoms with Crippen LogP contribution in [0.5, 0.6) is 0 Å². The van der Waals surface area contributed by atoms with Gasteiger partial charge in [-0.05, 0) is 5.56 Å². The van der Waals surface area contributed by atoms with Gasteiger partial charge in [-0.15, -0.1) is 0 Å². The molecule has 1 aromatic carbocycles. The molecule has 0 saturated carbocycles. The van der Waals surface area contributed by atoms with Crippen molar-refractivity contribution in [1.82, 2.24) is 0 Å². The van der Waals surface area contributed by atoms with Crippen molar-refractivity contribution in [3.05, 3.63) is 35.9 Å². The summed E-state index contributed by atoms with van der Waals surface area (Å²) in [6.45, 7) is 1.28. The number of epoxide rings is 1. The lowest BCUT2D eigenvalue weighted by molar-refractivity contribution is 0.104. The largest absolute Gasteiger partial charge is 0.394 e. The summed E-state index contributed by atoms with van der Waals surface area (Å²) in [5, 5.41) is 8.71. The van der Waals surface area contributed by atoms with Crippen LogP contribution in [0.3, 0.4) is 0 Å². The van der Waals surface area contributed by atoms with Gasteiger partial charge in [0.1, 0.15) is 12.2 Å². The number of benzene rings is 1. The number of hydrogen-bond donors (Lipinski definition) is 1. The van der Waals surface area contributed by atoms with Crippen LogP contribution in [0.25, 0.3) is 0 Å². The van der Waals surface area contributed by atoms with Gasteiger partial charge in [0.25, 0.3) is 0 Å². The van der Waals surface area contributed by atoms with E-state index in [1.807, 2.05) is 30.3 Å². The monoisotopic (exact) mass is 194 g/mol. The molecule has 1 N–H and O–H groups in total. The second-order valence-corrected chi connectivity index (χ2v) is 3.40. The Morgan fingerprint density at radius 1 is 1.21 bits per heavy atom. The maximum Gasteiger partial charge on any atom is 0.110 e. The standard InChI is InChI=1S/C11H14O3/c12-6-10-11(14-10)8-13-7-9-4-2-1-3-5-9/h1-5,10-12H,6-8H2/t10?,11-/m0/s1. The van der Waals surface area contributed by atoms with E-state index >= 15 is 0 Å². The van der Waals surface area contributed by atoms with Gasteiger partial charge in [-0.3, -0.25) is 0 Å². The Hall–Kier alpha value is -0.900. The summed E-state index contributed by atoms with van der Waals surface area (Å²) in [4.78, 5) is 0. The molecule has 0 radical (unpaired) electrons. The maximum absolute atomic E-state index is 8.71. The molecule has 1 unspecified atom stereocenters. The third-order valence-corrected chi connectivity index (χ3v) is 2.26. The molecule has 1 fully saturated rings. The number of aliphatic hydroxyl groups is 1. The van der Waals surface area contributed by atoms with Gasteiger partial charge in [0.15, 0.2) is 0 Å². The van der Waals surface area contributed by atoms with Gasteiger partial charge in [-0.25, -0.2) is 0 Å². The Balaban J connectivity index is 1.64. The van der Waals surface area contributed by atoms with Crippen LogP contribution in [-0.2, 0) is 16.1 Å². The quantitative estimate of drug-likeness (QED) is 0.710. The number of ether oxygens (including phenoxy) is 2. The topological polar surface area (TPSA) is 42.0 Å². The molecule has 1 heterocycles. The van der Waals surface area contributed by atoms with Gasteiger partial charge >= 0.3 is 0 Å². The molecule has 0 bridgehead atoms. The molecule has 0 aromatic heterocycles. The second-order valence-electron chi connectivity index (χ2n) is 3.40. The van der Waals surface area contributed by atoms with E-state index in [4.69, 9.17) is 14.6 Å². The highest BCUT2D eigenvalue weighted by Crippen LogP contribution is 2.21. The molecule has 1 aromatic rings. The van der Waals surface area contributed by atoms with Crippen LogP contribution < -0.4 is 0 Å². The first-order chi connectivity index (χ1) is 6.90. The van der Waals surface area contributed by atoms with Gasteiger partial charge in [-0.2, -0.15) is 0 Å². The summed E-state index contributed by atoms with van der Waals surface area (Å²) < 4.78 is 10.6. The maximum atomic E-state index is 8.71. The van der Waals surface area contributed by atoms with Crippen LogP contribution >= 0.6 is 0 Å². The van der Waals surface area contributed by atoms with Gasteiger partial charge in [0.05, 0.1) is 19.8 Å². The zero-order valence-corrected chi connectivity index (χ0v) is 7.93. The number of hydrogen-bond acceptors (Lipinski definition) is 3. The predicted octanol–water partition coefficient (Wildman–Crippen LogP) is 0.963. The Kier molecular flexibility index (Phi) is 3.14. The zero-order valence-electron chi connectivity index (χ0n) is 7.93. The van der Waals surface area contributed by atoms with Crippen molar-refractivity contribution in [1.29, 1.82) is 0 Å². The van der Waals surface area contributed by atoms with Gasteiger partial charge in [0, 0.05) is 0 Å². The molecule has 1 aliphatic heterocycles. The first-order valence-corrected chi connectivity index (χ1v) is 4.78. The summed E-state index contributed by atoms with van der Waals surface area (Å²) >= 11 is 0. The van der Waals surface area contributed by atoms with Gasteiger partial charge in [0.2, 0.25) is 0 Å². The number of aliphatic hydroxyl groups excluding tert-OH is 1. The van der Waals surface area contributed by atoms with E-state index in [9.17, 15) is 0 Å². The van der Waals surface area contributed by atoms with E-state index in [-0.39, 0.29) is 18.8 Å². The van der Waals surface area contributed by atoms with E-state index in [1.54, 1.807) is 0 Å². The van der Waals surface area contributed by atoms with Crippen LogP contribution in [0.1, 0.15) is 5.56 Å². The molecule has 14 heavy (non-hydrogen) atoms. The molecule has 2 atom stereocenters. The minimum atomic E-state index is 0.00535. The van der Waals surface area contributed by atoms with Crippen molar-refractivity contribution in [2.75, 3.05) is 13.2 Å². The van der Waals surface area contributed by atoms with Crippen molar-refractivity contribution < 1.29 is 14.6 Å². The fourth-order valence-corrected chi connectivity index (χ4v) is 1.35. The fourth-order valence-electron chi connectivity index (χ4n) is 1.35. The second kappa shape index (κ2) is 4.55. The smallest absolute Gasteiger partial charge is 0.110 e. The molecular formula is C11H14O3. The van der Waals surface area contributed by atoms with Crippen molar-refractivity contribution in [2.45, 2.75) is 18.8 Å². The van der Waals surface area contributed by atoms with Crippen LogP contribution in [0.2, 0.25) is 0 Å². The zero-order chi connectivity index (χ0) is 9.80. The molecule has 1 saturated heterocycles. The SMILES string of the molecule is OCC1O[C@H]1COCc1ccccc1. The van der Waals surface area contributed by atoms with Crippen LogP contribution in [0, 0.1) is 0 Å². The van der Waals surface area contributed by atoms with Crippen LogP contribution in [0.4, 0.5) is 0 Å². The van der Waals surface area contributed by atoms with Gasteiger partial charge < -0.3 is 14.6 Å². The summed E-state index contributed by atoms with van der Waals surface area (Å²) in [5.74, 6) is 0. The Morgan fingerprint density at radius 3 is 2.64 bits per heavy atom. The molecule has 3 nitrogen and oxygen atoms in total. The first kappa shape index (κ1) is 9.65. The Morgan fingerprint density at radius 2 is 2.00 bits per heavy atom. The van der Waals surface area contributed by atoms with E-state index in [2.05, 4.69) is 0 Å². The number of rotatable bonds is 5. The lowest BCUT2D eigenvalue weighted by Gasteiger charge is -2.01. The van der Waals surface area contributed by atoms with Crippen LogP contribution in [0.15, 0.2) is 30.3 Å². The van der Waals surface area contributed by atoms with Crippen molar-refractivity contribution in [2.24, 2.45) is 0 Å². The minimum Gasteiger partial charge on any atom is -0.394 e. The van der Waals surface area contributed by atoms with Crippen molar-refractivity contribution in [3.8, 4) is 0 Å². The molecule has 2 rings (SSSR count). The third-order valence-electron chi connectivity index (χ3n) is 2.26. The Labute approximate surface area is 83.3 Å². The normalized spacial score (nSPS) is 24.9. The summed E-state index contributed by atoms with van der Waals surface area (Å²) in [6.07, 6.45) is 0.106. The molecular weight excluding hydrogens is 180 g/mol. The lowest BCUT2D eigenvalue weighted by Crippen LogP contribution is -2.07. The summed E-state index contributed by atoms with van der Waals surface area (Å²) in [6, 6.07) is 10.0. The van der Waals surface area contributed by atoms with Crippen molar-refractivity contribution in [3.63, 3.8) is 0 Å². The van der Waals surface area contributed by atoms with E-state index in [1.165, 1.54) is 0 Å².